The van der Waals surface area contributed by atoms with Gasteiger partial charge in [-0.15, -0.1) is 0 Å². The average molecular weight is 587 g/mol. The fraction of sp³-hybridized carbons (Fsp3) is 0.308. The Morgan fingerprint density at radius 1 is 1.22 bits per heavy atom. The fourth-order valence-electron chi connectivity index (χ4n) is 2.02. The van der Waals surface area contributed by atoms with Crippen LogP contribution in [0.4, 0.5) is 4.39 Å². The van der Waals surface area contributed by atoms with Crippen molar-refractivity contribution in [2.75, 3.05) is 7.11 Å². The molecule has 1 aromatic carbocycles. The van der Waals surface area contributed by atoms with Gasteiger partial charge < -0.3 is 0 Å². The van der Waals surface area contributed by atoms with Gasteiger partial charge in [-0.1, -0.05) is 0 Å². The molecule has 10 heteroatoms. The Bertz CT molecular complexity index is 609. The zero-order chi connectivity index (χ0) is 17.8. The first-order valence-corrected chi connectivity index (χ1v) is 14.9. The van der Waals surface area contributed by atoms with Gasteiger partial charge in [0.15, 0.2) is 0 Å². The van der Waals surface area contributed by atoms with Gasteiger partial charge in [-0.2, -0.15) is 0 Å². The molecule has 0 heterocycles. The Morgan fingerprint density at radius 3 is 2.13 bits per heavy atom. The molecule has 7 nitrogen and oxygen atoms in total. The molecule has 0 unspecified atom stereocenters. The number of benzene rings is 1. The molecule has 0 aliphatic carbocycles. The fourth-order valence-corrected chi connectivity index (χ4v) is 13.6. The first-order valence-electron chi connectivity index (χ1n) is 6.24. The Labute approximate surface area is 145 Å². The minimum absolute atomic E-state index is 0.0812. The summed E-state index contributed by atoms with van der Waals surface area (Å²) >= 11 is -2.40. The van der Waals surface area contributed by atoms with Crippen molar-refractivity contribution in [3.8, 4) is 5.75 Å². The molecule has 0 spiro atoms. The van der Waals surface area contributed by atoms with Gasteiger partial charge in [-0.3, -0.25) is 0 Å². The van der Waals surface area contributed by atoms with Gasteiger partial charge in [0.05, 0.1) is 0 Å². The molecular formula is C13H13BrFO7Pb-. The second kappa shape index (κ2) is 8.04. The second-order valence-electron chi connectivity index (χ2n) is 4.45. The van der Waals surface area contributed by atoms with E-state index in [1.807, 2.05) is 0 Å². The number of aliphatic carboxylic acids is 1. The summed E-state index contributed by atoms with van der Waals surface area (Å²) in [5.74, 6) is -4.39. The molecule has 0 aliphatic heterocycles. The molecule has 0 N–H and O–H groups in total. The second-order valence-corrected chi connectivity index (χ2v) is 16.1. The van der Waals surface area contributed by atoms with Crippen LogP contribution in [0.3, 0.4) is 0 Å². The molecule has 0 saturated carbocycles. The van der Waals surface area contributed by atoms with Crippen molar-refractivity contribution < 1.29 is 34.0 Å². The normalized spacial score (nSPS) is 10.8. The number of ether oxygens (including phenoxy) is 1. The van der Waals surface area contributed by atoms with Crippen molar-refractivity contribution in [1.82, 2.24) is 0 Å². The van der Waals surface area contributed by atoms with Gasteiger partial charge in [0.1, 0.15) is 0 Å². The SMILES string of the molecule is COc1cc(Br)cc(F)[c]1[Pb]([CH2]C(=O)[O-])([O]C(C)=O)[O]C(C)=O. The Morgan fingerprint density at radius 2 is 1.74 bits per heavy atom. The molecule has 0 bridgehead atoms. The maximum atomic E-state index is 14.5. The first-order chi connectivity index (χ1) is 10.6. The quantitative estimate of drug-likeness (QED) is 0.436. The van der Waals surface area contributed by atoms with Crippen LogP contribution in [0.1, 0.15) is 13.8 Å². The molecule has 126 valence electrons. The molecule has 0 saturated heterocycles. The molecule has 0 amide bonds. The summed E-state index contributed by atoms with van der Waals surface area (Å²) < 4.78 is 28.8. The van der Waals surface area contributed by atoms with E-state index in [1.54, 1.807) is 0 Å². The van der Waals surface area contributed by atoms with Crippen LogP contribution in [0.5, 0.6) is 5.75 Å². The van der Waals surface area contributed by atoms with E-state index in [1.165, 1.54) is 13.2 Å². The summed E-state index contributed by atoms with van der Waals surface area (Å²) in [4.78, 5) is 34.0. The van der Waals surface area contributed by atoms with Crippen molar-refractivity contribution in [2.24, 2.45) is 0 Å². The molecule has 23 heavy (non-hydrogen) atoms. The number of carboxylic acid groups (broad SMARTS) is 1. The Balaban J connectivity index is 3.69. The molecule has 0 aromatic heterocycles. The van der Waals surface area contributed by atoms with Crippen molar-refractivity contribution in [3.05, 3.63) is 22.4 Å². The molecule has 0 atom stereocenters. The van der Waals surface area contributed by atoms with Crippen molar-refractivity contribution in [1.29, 1.82) is 0 Å². The van der Waals surface area contributed by atoms with E-state index >= 15 is 0 Å². The van der Waals surface area contributed by atoms with Gasteiger partial charge in [-0.25, -0.2) is 0 Å². The van der Waals surface area contributed by atoms with Crippen molar-refractivity contribution in [3.63, 3.8) is 0 Å². The molecule has 0 fully saturated rings. The number of halogens is 2. The average Bonchev–Trinajstić information content (AvgIpc) is 2.34. The predicted molar refractivity (Wildman–Crippen MR) is 79.4 cm³/mol. The van der Waals surface area contributed by atoms with Crippen LogP contribution >= 0.6 is 15.9 Å². The van der Waals surface area contributed by atoms with E-state index in [-0.39, 0.29) is 8.87 Å². The number of hydrogen-bond donors (Lipinski definition) is 0. The third-order valence-corrected chi connectivity index (χ3v) is 15.6. The number of rotatable bonds is 6. The summed E-state index contributed by atoms with van der Waals surface area (Å²) in [6.07, 6.45) is 0. The van der Waals surface area contributed by atoms with Crippen LogP contribution < -0.4 is 13.0 Å². The third-order valence-electron chi connectivity index (χ3n) is 2.61. The van der Waals surface area contributed by atoms with Crippen molar-refractivity contribution >= 4 is 59.0 Å². The zero-order valence-corrected chi connectivity index (χ0v) is 17.9. The molecule has 1 aromatic rings. The van der Waals surface area contributed by atoms with Crippen LogP contribution in [-0.4, -0.2) is 47.1 Å². The number of hydrogen-bond acceptors (Lipinski definition) is 7. The van der Waals surface area contributed by atoms with Gasteiger partial charge in [0.25, 0.3) is 0 Å². The van der Waals surface area contributed by atoms with Crippen molar-refractivity contribution in [2.45, 2.75) is 17.8 Å². The van der Waals surface area contributed by atoms with Crippen LogP contribution in [0.15, 0.2) is 16.6 Å². The molecule has 0 radical (unpaired) electrons. The van der Waals surface area contributed by atoms with Gasteiger partial charge in [0.2, 0.25) is 0 Å². The van der Waals surface area contributed by atoms with Crippen LogP contribution in [0, 0.1) is 5.82 Å². The van der Waals surface area contributed by atoms with Crippen LogP contribution in [0.2, 0.25) is 3.98 Å². The molecule has 1 rings (SSSR count). The van der Waals surface area contributed by atoms with Crippen LogP contribution in [0.25, 0.3) is 0 Å². The number of carboxylic acids is 1. The standard InChI is InChI=1S/C7H5BrFO.2C2H4O2.C2H3O2.Pb/c1-10-7-3-5(8)2-6(9)4-7;3*1-2(3)4;/h2-3H,1H3;2*1H3,(H,3,4);1H2,(H,3,4);/q;;;;+2/p-3. The summed E-state index contributed by atoms with van der Waals surface area (Å²) in [6, 6.07) is 2.39. The molecular weight excluding hydrogens is 574 g/mol. The summed E-state index contributed by atoms with van der Waals surface area (Å²) in [5.41, 5.74) is 0. The van der Waals surface area contributed by atoms with E-state index in [9.17, 15) is 23.9 Å². The number of carbonyl (C=O) groups is 3. The summed E-state index contributed by atoms with van der Waals surface area (Å²) in [7, 11) is 1.23. The Kier molecular flexibility index (Phi) is 6.92. The van der Waals surface area contributed by atoms with E-state index in [4.69, 9.17) is 10.1 Å². The van der Waals surface area contributed by atoms with Gasteiger partial charge in [0, 0.05) is 0 Å². The minimum atomic E-state index is -5.47. The number of carbonyl (C=O) groups excluding carboxylic acids is 3. The first kappa shape index (κ1) is 19.8. The molecule has 0 aliphatic rings. The van der Waals surface area contributed by atoms with E-state index in [0.717, 1.165) is 19.9 Å². The van der Waals surface area contributed by atoms with Crippen LogP contribution in [-0.2, 0) is 19.8 Å². The van der Waals surface area contributed by atoms with Gasteiger partial charge >= 0.3 is 146 Å². The Hall–Kier alpha value is -1.24. The zero-order valence-electron chi connectivity index (χ0n) is 12.5. The topological polar surface area (TPSA) is 102 Å². The summed E-state index contributed by atoms with van der Waals surface area (Å²) in [5, 5.41) is 11.1. The van der Waals surface area contributed by atoms with E-state index in [0.29, 0.717) is 4.47 Å². The maximum absolute atomic E-state index is 14.5. The van der Waals surface area contributed by atoms with Gasteiger partial charge in [-0.05, 0) is 0 Å². The monoisotopic (exact) mass is 587 g/mol. The third kappa shape index (κ3) is 5.13. The van der Waals surface area contributed by atoms with E-state index < -0.39 is 49.8 Å². The number of methoxy groups -OCH3 is 1. The van der Waals surface area contributed by atoms with E-state index in [2.05, 4.69) is 15.9 Å². The summed E-state index contributed by atoms with van der Waals surface area (Å²) in [6.45, 7) is 2.02. The predicted octanol–water partition coefficient (Wildman–Crippen LogP) is 0.122.